The van der Waals surface area contributed by atoms with Crippen molar-refractivity contribution in [1.29, 1.82) is 0 Å². The van der Waals surface area contributed by atoms with Crippen molar-refractivity contribution in [2.75, 3.05) is 0 Å². The maximum atomic E-state index is 14.3. The third-order valence-corrected chi connectivity index (χ3v) is 5.41. The number of hydrogen-bond donors (Lipinski definition) is 0. The van der Waals surface area contributed by atoms with Gasteiger partial charge in [0.2, 0.25) is 17.0 Å². The molecule has 0 unspecified atom stereocenters. The minimum absolute atomic E-state index is 0.155. The van der Waals surface area contributed by atoms with Crippen LogP contribution in [0.4, 0.5) is 26.3 Å². The number of hydrogen-bond acceptors (Lipinski definition) is 5. The van der Waals surface area contributed by atoms with Crippen molar-refractivity contribution >= 4 is 17.8 Å². The minimum Gasteiger partial charge on any atom is -0.439 e. The van der Waals surface area contributed by atoms with Gasteiger partial charge in [0, 0.05) is 17.4 Å². The highest BCUT2D eigenvalue weighted by Gasteiger charge is 2.85. The molecule has 1 saturated carbocycles. The van der Waals surface area contributed by atoms with Gasteiger partial charge in [-0.3, -0.25) is 0 Å². The first-order valence-corrected chi connectivity index (χ1v) is 8.36. The lowest BCUT2D eigenvalue weighted by Crippen LogP contribution is -2.69. The fourth-order valence-corrected chi connectivity index (χ4v) is 4.28. The quantitative estimate of drug-likeness (QED) is 0.419. The fraction of sp³-hybridized carbons (Fsp3) is 0.389. The number of carbonyl (C=O) groups is 2. The Morgan fingerprint density at radius 3 is 2.28 bits per heavy atom. The highest BCUT2D eigenvalue weighted by Crippen LogP contribution is 2.64. The maximum Gasteiger partial charge on any atom is 0.490 e. The van der Waals surface area contributed by atoms with E-state index in [4.69, 9.17) is 4.74 Å². The molecule has 11 heteroatoms. The Hall–Kier alpha value is -2.85. The van der Waals surface area contributed by atoms with Crippen LogP contribution in [0.3, 0.4) is 0 Å². The Kier molecular flexibility index (Phi) is 3.91. The second kappa shape index (κ2) is 5.83. The number of halogens is 6. The molecule has 1 aromatic rings. The number of carbonyl (C=O) groups excluding carboxylic acids is 2. The Bertz CT molecular complexity index is 938. The normalized spacial score (nSPS) is 33.2. The van der Waals surface area contributed by atoms with Gasteiger partial charge in [-0.2, -0.15) is 26.3 Å². The molecule has 3 aliphatic rings. The second-order valence-electron chi connectivity index (χ2n) is 6.89. The Morgan fingerprint density at radius 2 is 1.69 bits per heavy atom. The molecule has 0 saturated heterocycles. The van der Waals surface area contributed by atoms with E-state index in [1.54, 1.807) is 6.07 Å². The average Bonchev–Trinajstić information content (AvgIpc) is 3.30. The number of fused-ring (bicyclic) bond motifs is 3. The SMILES string of the molecule is O=C(O[C@@]1(C(F)(F)F)[C@@H]2C=C[C@@H](C2)[C@]12N=C(c1ccccc1)OC2=O)C(F)(F)F. The summed E-state index contributed by atoms with van der Waals surface area (Å²) in [7, 11) is 0. The molecule has 2 aliphatic carbocycles. The highest BCUT2D eigenvalue weighted by molar-refractivity contribution is 6.09. The van der Waals surface area contributed by atoms with Gasteiger partial charge in [0.05, 0.1) is 0 Å². The van der Waals surface area contributed by atoms with E-state index in [0.29, 0.717) is 0 Å². The summed E-state index contributed by atoms with van der Waals surface area (Å²) in [6.07, 6.45) is -9.34. The van der Waals surface area contributed by atoms with Crippen molar-refractivity contribution in [2.45, 2.75) is 29.9 Å². The fourth-order valence-electron chi connectivity index (χ4n) is 4.28. The first-order chi connectivity index (χ1) is 13.4. The average molecular weight is 419 g/mol. The van der Waals surface area contributed by atoms with Gasteiger partial charge in [-0.05, 0) is 18.6 Å². The minimum atomic E-state index is -5.69. The number of nitrogens with zero attached hydrogens (tertiary/aromatic N) is 1. The summed E-state index contributed by atoms with van der Waals surface area (Å²) in [5.74, 6) is -8.01. The molecule has 0 aromatic heterocycles. The molecule has 1 aliphatic heterocycles. The van der Waals surface area contributed by atoms with Crippen LogP contribution in [0.1, 0.15) is 12.0 Å². The van der Waals surface area contributed by atoms with Crippen LogP contribution in [0.2, 0.25) is 0 Å². The zero-order chi connectivity index (χ0) is 21.2. The molecule has 1 spiro atoms. The van der Waals surface area contributed by atoms with Crippen LogP contribution in [-0.2, 0) is 19.1 Å². The summed E-state index contributed by atoms with van der Waals surface area (Å²) in [5, 5.41) is 0. The van der Waals surface area contributed by atoms with Gasteiger partial charge in [0.25, 0.3) is 0 Å². The second-order valence-corrected chi connectivity index (χ2v) is 6.89. The third-order valence-electron chi connectivity index (χ3n) is 5.41. The van der Waals surface area contributed by atoms with Crippen molar-refractivity contribution in [2.24, 2.45) is 16.8 Å². The van der Waals surface area contributed by atoms with Crippen molar-refractivity contribution in [1.82, 2.24) is 0 Å². The monoisotopic (exact) mass is 419 g/mol. The number of cyclic esters (lactones) is 1. The molecule has 1 aromatic carbocycles. The van der Waals surface area contributed by atoms with Crippen molar-refractivity contribution in [3.05, 3.63) is 48.0 Å². The van der Waals surface area contributed by atoms with E-state index in [-0.39, 0.29) is 12.0 Å². The third kappa shape index (κ3) is 2.45. The Labute approximate surface area is 159 Å². The van der Waals surface area contributed by atoms with Crippen LogP contribution >= 0.6 is 0 Å². The standard InChI is InChI=1S/C18H11F6NO4/c19-17(20,21)14(27)29-16(18(22,23)24)11-7-6-10(8-11)15(16)13(26)28-12(25-15)9-4-2-1-3-5-9/h1-7,10-11H,8H2/t10-,11+,15+,16-/m0/s1. The van der Waals surface area contributed by atoms with E-state index < -0.39 is 53.2 Å². The zero-order valence-corrected chi connectivity index (χ0v) is 14.3. The van der Waals surface area contributed by atoms with Gasteiger partial charge in [0.15, 0.2) is 0 Å². The summed E-state index contributed by atoms with van der Waals surface area (Å²) in [5.41, 5.74) is -6.57. The molecule has 1 fully saturated rings. The van der Waals surface area contributed by atoms with Gasteiger partial charge in [-0.15, -0.1) is 0 Å². The number of aliphatic imine (C=N–C) groups is 1. The van der Waals surface area contributed by atoms with Gasteiger partial charge >= 0.3 is 24.3 Å². The predicted molar refractivity (Wildman–Crippen MR) is 83.5 cm³/mol. The van der Waals surface area contributed by atoms with E-state index in [1.165, 1.54) is 30.3 Å². The Balaban J connectivity index is 1.93. The lowest BCUT2D eigenvalue weighted by molar-refractivity contribution is -0.305. The molecule has 154 valence electrons. The molecule has 0 radical (unpaired) electrons. The maximum absolute atomic E-state index is 14.3. The van der Waals surface area contributed by atoms with Crippen molar-refractivity contribution in [3.8, 4) is 0 Å². The van der Waals surface area contributed by atoms with Crippen LogP contribution in [0, 0.1) is 11.8 Å². The molecular formula is C18H11F6NO4. The molecule has 29 heavy (non-hydrogen) atoms. The van der Waals surface area contributed by atoms with Crippen LogP contribution in [0.5, 0.6) is 0 Å². The van der Waals surface area contributed by atoms with Gasteiger partial charge in [-0.25, -0.2) is 14.6 Å². The first-order valence-electron chi connectivity index (χ1n) is 8.36. The van der Waals surface area contributed by atoms with E-state index in [0.717, 1.165) is 6.08 Å². The van der Waals surface area contributed by atoms with E-state index >= 15 is 0 Å². The number of ether oxygens (including phenoxy) is 2. The lowest BCUT2D eigenvalue weighted by atomic mass is 9.71. The summed E-state index contributed by atoms with van der Waals surface area (Å²) < 4.78 is 90.3. The van der Waals surface area contributed by atoms with E-state index in [9.17, 15) is 35.9 Å². The summed E-state index contributed by atoms with van der Waals surface area (Å²) in [4.78, 5) is 28.0. The molecule has 1 heterocycles. The molecule has 0 N–H and O–H groups in total. The van der Waals surface area contributed by atoms with Crippen LogP contribution < -0.4 is 0 Å². The largest absolute Gasteiger partial charge is 0.490 e. The lowest BCUT2D eigenvalue weighted by Gasteiger charge is -2.44. The van der Waals surface area contributed by atoms with Gasteiger partial charge in [-0.1, -0.05) is 30.4 Å². The zero-order valence-electron chi connectivity index (χ0n) is 14.3. The van der Waals surface area contributed by atoms with Crippen LogP contribution in [0.15, 0.2) is 47.5 Å². The number of rotatable bonds is 2. The molecule has 4 rings (SSSR count). The van der Waals surface area contributed by atoms with Crippen LogP contribution in [-0.4, -0.2) is 41.3 Å². The van der Waals surface area contributed by atoms with Crippen molar-refractivity contribution in [3.63, 3.8) is 0 Å². The highest BCUT2D eigenvalue weighted by atomic mass is 19.4. The topological polar surface area (TPSA) is 65.0 Å². The molecule has 2 bridgehead atoms. The summed E-state index contributed by atoms with van der Waals surface area (Å²) in [6, 6.07) is 7.44. The number of esters is 2. The summed E-state index contributed by atoms with van der Waals surface area (Å²) in [6.45, 7) is 0. The molecule has 5 nitrogen and oxygen atoms in total. The summed E-state index contributed by atoms with van der Waals surface area (Å²) >= 11 is 0. The van der Waals surface area contributed by atoms with Crippen LogP contribution in [0.25, 0.3) is 0 Å². The smallest absolute Gasteiger partial charge is 0.439 e. The first kappa shape index (κ1) is 19.5. The Morgan fingerprint density at radius 1 is 1.07 bits per heavy atom. The predicted octanol–water partition coefficient (Wildman–Crippen LogP) is 3.34. The molecular weight excluding hydrogens is 408 g/mol. The van der Waals surface area contributed by atoms with E-state index in [2.05, 4.69) is 9.73 Å². The molecule has 0 amide bonds. The van der Waals surface area contributed by atoms with E-state index in [1.807, 2.05) is 0 Å². The van der Waals surface area contributed by atoms with Crippen molar-refractivity contribution < 1.29 is 45.4 Å². The number of alkyl halides is 6. The van der Waals surface area contributed by atoms with Gasteiger partial charge in [0.1, 0.15) is 0 Å². The molecule has 4 atom stereocenters. The van der Waals surface area contributed by atoms with Gasteiger partial charge < -0.3 is 9.47 Å². The number of benzene rings is 1.